The fraction of sp³-hybridized carbons (Fsp3) is 0.500. The third-order valence-corrected chi connectivity index (χ3v) is 8.02. The number of amides is 2. The van der Waals surface area contributed by atoms with Gasteiger partial charge in [-0.2, -0.15) is 13.2 Å². The van der Waals surface area contributed by atoms with Crippen LogP contribution in [0.2, 0.25) is 5.02 Å². The number of benzene rings is 2. The molecule has 0 saturated carbocycles. The number of carbonyl (C=O) groups excluding carboxylic acids is 2. The second-order valence-corrected chi connectivity index (χ2v) is 10.7. The Morgan fingerprint density at radius 2 is 1.67 bits per heavy atom. The minimum absolute atomic E-state index is 0.0442. The first-order valence-corrected chi connectivity index (χ1v) is 13.6. The maximum Gasteiger partial charge on any atom is 0.416 e. The Kier molecular flexibility index (Phi) is 9.40. The van der Waals surface area contributed by atoms with Crippen LogP contribution in [-0.4, -0.2) is 85.6 Å². The van der Waals surface area contributed by atoms with E-state index < -0.39 is 17.6 Å². The summed E-state index contributed by atoms with van der Waals surface area (Å²) in [6.45, 7) is 9.51. The van der Waals surface area contributed by atoms with E-state index in [1.807, 2.05) is 18.2 Å². The number of anilines is 1. The first kappa shape index (κ1) is 29.2. The molecule has 2 amide bonds. The predicted molar refractivity (Wildman–Crippen MR) is 146 cm³/mol. The molecule has 39 heavy (non-hydrogen) atoms. The second-order valence-electron chi connectivity index (χ2n) is 10.3. The summed E-state index contributed by atoms with van der Waals surface area (Å²) in [5.74, 6) is -1.08. The molecular formula is C28H35ClF3N5O2. The van der Waals surface area contributed by atoms with E-state index in [0.29, 0.717) is 18.6 Å². The highest BCUT2D eigenvalue weighted by Crippen LogP contribution is 2.29. The van der Waals surface area contributed by atoms with Crippen LogP contribution in [0.15, 0.2) is 48.5 Å². The number of piperazine rings is 1. The van der Waals surface area contributed by atoms with Gasteiger partial charge in [-0.25, -0.2) is 0 Å². The molecule has 2 fully saturated rings. The van der Waals surface area contributed by atoms with E-state index in [9.17, 15) is 22.8 Å². The number of hydrogen-bond donors (Lipinski definition) is 2. The van der Waals surface area contributed by atoms with Crippen molar-refractivity contribution < 1.29 is 22.8 Å². The number of rotatable bonds is 8. The normalized spacial score (nSPS) is 20.5. The van der Waals surface area contributed by atoms with Crippen LogP contribution in [0, 0.1) is 0 Å². The van der Waals surface area contributed by atoms with Gasteiger partial charge in [-0.05, 0) is 56.7 Å². The van der Waals surface area contributed by atoms with Gasteiger partial charge in [-0.1, -0.05) is 23.7 Å². The van der Waals surface area contributed by atoms with Crippen molar-refractivity contribution in [3.8, 4) is 0 Å². The molecule has 4 rings (SSSR count). The van der Waals surface area contributed by atoms with Gasteiger partial charge < -0.3 is 15.5 Å². The molecule has 2 saturated heterocycles. The van der Waals surface area contributed by atoms with Crippen molar-refractivity contribution in [1.82, 2.24) is 20.4 Å². The van der Waals surface area contributed by atoms with Gasteiger partial charge in [0.1, 0.15) is 0 Å². The number of halogens is 4. The quantitative estimate of drug-likeness (QED) is 0.509. The van der Waals surface area contributed by atoms with Crippen LogP contribution in [-0.2, 0) is 11.0 Å². The zero-order valence-corrected chi connectivity index (χ0v) is 22.9. The molecule has 0 bridgehead atoms. The zero-order chi connectivity index (χ0) is 28.2. The summed E-state index contributed by atoms with van der Waals surface area (Å²) in [7, 11) is 0. The fourth-order valence-electron chi connectivity index (χ4n) is 5.32. The van der Waals surface area contributed by atoms with Crippen LogP contribution in [0.3, 0.4) is 0 Å². The van der Waals surface area contributed by atoms with Gasteiger partial charge >= 0.3 is 6.18 Å². The molecule has 0 spiro atoms. The molecule has 2 N–H and O–H groups in total. The Labute approximate surface area is 232 Å². The van der Waals surface area contributed by atoms with Crippen LogP contribution >= 0.6 is 11.6 Å². The molecule has 212 valence electrons. The third kappa shape index (κ3) is 7.64. The molecular weight excluding hydrogens is 531 g/mol. The molecule has 2 aromatic rings. The van der Waals surface area contributed by atoms with E-state index in [-0.39, 0.29) is 24.1 Å². The average Bonchev–Trinajstić information content (AvgIpc) is 3.39. The number of carbonyl (C=O) groups is 2. The Morgan fingerprint density at radius 3 is 2.36 bits per heavy atom. The molecule has 2 heterocycles. The molecule has 2 aromatic carbocycles. The molecule has 3 atom stereocenters. The summed E-state index contributed by atoms with van der Waals surface area (Å²) in [5.41, 5.74) is 0.102. The van der Waals surface area contributed by atoms with Gasteiger partial charge in [0.25, 0.3) is 5.91 Å². The molecule has 3 unspecified atom stereocenters. The number of nitrogens with one attached hydrogen (secondary N) is 2. The van der Waals surface area contributed by atoms with Gasteiger partial charge in [-0.3, -0.25) is 19.4 Å². The SMILES string of the molecule is CC(C(C)N1CCC(NC(=O)CNC(=O)c2cccc(C(F)(F)F)c2)C1)N1CCN(c2cccc(Cl)c2)CC1. The van der Waals surface area contributed by atoms with Crippen molar-refractivity contribution in [2.24, 2.45) is 0 Å². The van der Waals surface area contributed by atoms with Crippen molar-refractivity contribution in [2.75, 3.05) is 50.7 Å². The van der Waals surface area contributed by atoms with Gasteiger partial charge in [0.15, 0.2) is 0 Å². The molecule has 7 nitrogen and oxygen atoms in total. The van der Waals surface area contributed by atoms with Crippen molar-refractivity contribution >= 4 is 29.1 Å². The summed E-state index contributed by atoms with van der Waals surface area (Å²) in [6, 6.07) is 12.7. The minimum atomic E-state index is -4.54. The van der Waals surface area contributed by atoms with E-state index in [1.54, 1.807) is 0 Å². The van der Waals surface area contributed by atoms with Crippen LogP contribution in [0.4, 0.5) is 18.9 Å². The third-order valence-electron chi connectivity index (χ3n) is 7.78. The predicted octanol–water partition coefficient (Wildman–Crippen LogP) is 3.88. The molecule has 11 heteroatoms. The van der Waals surface area contributed by atoms with Crippen LogP contribution < -0.4 is 15.5 Å². The largest absolute Gasteiger partial charge is 0.416 e. The fourth-order valence-corrected chi connectivity index (χ4v) is 5.51. The second kappa shape index (κ2) is 12.6. The minimum Gasteiger partial charge on any atom is -0.369 e. The highest BCUT2D eigenvalue weighted by molar-refractivity contribution is 6.30. The number of hydrogen-bond acceptors (Lipinski definition) is 5. The van der Waals surface area contributed by atoms with Crippen LogP contribution in [0.1, 0.15) is 36.2 Å². The summed E-state index contributed by atoms with van der Waals surface area (Å²) in [6.07, 6.45) is -3.74. The lowest BCUT2D eigenvalue weighted by molar-refractivity contribution is -0.137. The molecule has 0 aliphatic carbocycles. The summed E-state index contributed by atoms with van der Waals surface area (Å²) < 4.78 is 38.7. The topological polar surface area (TPSA) is 67.9 Å². The lowest BCUT2D eigenvalue weighted by Crippen LogP contribution is -2.55. The average molecular weight is 566 g/mol. The van der Waals surface area contributed by atoms with Crippen molar-refractivity contribution in [3.63, 3.8) is 0 Å². The van der Waals surface area contributed by atoms with Gasteiger partial charge in [-0.15, -0.1) is 0 Å². The standard InChI is InChI=1S/C28H35ClF3N5O2/c1-19(35-11-13-36(14-12-35)25-8-4-7-23(29)16-25)20(2)37-10-9-24(18-37)34-26(38)17-33-27(39)21-5-3-6-22(15-21)28(30,31)32/h3-8,15-16,19-20,24H,9-14,17-18H2,1-2H3,(H,33,39)(H,34,38). The summed E-state index contributed by atoms with van der Waals surface area (Å²) in [4.78, 5) is 31.9. The number of alkyl halides is 3. The van der Waals surface area contributed by atoms with Crippen molar-refractivity contribution in [3.05, 3.63) is 64.7 Å². The van der Waals surface area contributed by atoms with Crippen LogP contribution in [0.25, 0.3) is 0 Å². The van der Waals surface area contributed by atoms with Crippen LogP contribution in [0.5, 0.6) is 0 Å². The number of nitrogens with zero attached hydrogens (tertiary/aromatic N) is 3. The lowest BCUT2D eigenvalue weighted by Gasteiger charge is -2.43. The first-order chi connectivity index (χ1) is 18.5. The van der Waals surface area contributed by atoms with Crippen molar-refractivity contribution in [2.45, 2.75) is 44.6 Å². The first-order valence-electron chi connectivity index (χ1n) is 13.2. The Bertz CT molecular complexity index is 1160. The Morgan fingerprint density at radius 1 is 0.974 bits per heavy atom. The highest BCUT2D eigenvalue weighted by atomic mass is 35.5. The van der Waals surface area contributed by atoms with Gasteiger partial charge in [0.05, 0.1) is 12.1 Å². The smallest absolute Gasteiger partial charge is 0.369 e. The maximum atomic E-state index is 12.9. The molecule has 0 radical (unpaired) electrons. The monoisotopic (exact) mass is 565 g/mol. The Balaban J connectivity index is 1.20. The highest BCUT2D eigenvalue weighted by Gasteiger charge is 2.33. The molecule has 2 aliphatic rings. The lowest BCUT2D eigenvalue weighted by atomic mass is 10.1. The molecule has 2 aliphatic heterocycles. The van der Waals surface area contributed by atoms with E-state index in [2.05, 4.69) is 45.2 Å². The summed E-state index contributed by atoms with van der Waals surface area (Å²) >= 11 is 6.15. The van der Waals surface area contributed by atoms with E-state index in [0.717, 1.165) is 62.0 Å². The van der Waals surface area contributed by atoms with Crippen molar-refractivity contribution in [1.29, 1.82) is 0 Å². The van der Waals surface area contributed by atoms with Gasteiger partial charge in [0, 0.05) is 73.7 Å². The summed E-state index contributed by atoms with van der Waals surface area (Å²) in [5, 5.41) is 6.10. The zero-order valence-electron chi connectivity index (χ0n) is 22.2. The van der Waals surface area contributed by atoms with E-state index in [1.165, 1.54) is 12.1 Å². The number of likely N-dealkylation sites (tertiary alicyclic amines) is 1. The maximum absolute atomic E-state index is 12.9. The molecule has 0 aromatic heterocycles. The van der Waals surface area contributed by atoms with E-state index in [4.69, 9.17) is 11.6 Å². The van der Waals surface area contributed by atoms with Gasteiger partial charge in [0.2, 0.25) is 5.91 Å². The Hall–Kier alpha value is -2.82. The van der Waals surface area contributed by atoms with E-state index >= 15 is 0 Å².